The van der Waals surface area contributed by atoms with Crippen LogP contribution in [0, 0.1) is 6.92 Å². The Morgan fingerprint density at radius 1 is 1.33 bits per heavy atom. The summed E-state index contributed by atoms with van der Waals surface area (Å²) in [7, 11) is 1.66. The topological polar surface area (TPSA) is 43.4 Å². The molecule has 0 saturated heterocycles. The summed E-state index contributed by atoms with van der Waals surface area (Å²) in [6.07, 6.45) is 0. The van der Waals surface area contributed by atoms with Crippen LogP contribution in [-0.4, -0.2) is 18.6 Å². The molecule has 0 fully saturated rings. The van der Waals surface area contributed by atoms with Crippen molar-refractivity contribution in [1.82, 2.24) is 10.3 Å². The molecule has 114 valence electrons. The molecular weight excluding hydrogens is 284 g/mol. The fraction of sp³-hybridized carbons (Fsp3) is 0.438. The van der Waals surface area contributed by atoms with Gasteiger partial charge in [0.1, 0.15) is 11.6 Å². The van der Waals surface area contributed by atoms with Crippen LogP contribution in [0.3, 0.4) is 0 Å². The number of methoxy groups -OCH3 is 1. The van der Waals surface area contributed by atoms with Crippen molar-refractivity contribution in [2.45, 2.75) is 33.4 Å². The van der Waals surface area contributed by atoms with Crippen LogP contribution in [0.2, 0.25) is 0 Å². The Hall–Kier alpha value is -1.59. The molecule has 1 aromatic heterocycles. The fourth-order valence-electron chi connectivity index (χ4n) is 2.11. The number of nitrogens with zero attached hydrogens (tertiary/aromatic N) is 1. The summed E-state index contributed by atoms with van der Waals surface area (Å²) in [5, 5.41) is 6.39. The zero-order valence-corrected chi connectivity index (χ0v) is 13.8. The molecule has 2 rings (SSSR count). The Morgan fingerprint density at radius 2 is 2.14 bits per heavy atom. The van der Waals surface area contributed by atoms with Gasteiger partial charge < -0.3 is 14.8 Å². The molecule has 0 radical (unpaired) electrons. The largest absolute Gasteiger partial charge is 0.493 e. The summed E-state index contributed by atoms with van der Waals surface area (Å²) in [5.41, 5.74) is 2.21. The van der Waals surface area contributed by atoms with Gasteiger partial charge in [0.05, 0.1) is 7.11 Å². The van der Waals surface area contributed by atoms with Gasteiger partial charge in [-0.2, -0.15) is 0 Å². The predicted octanol–water partition coefficient (Wildman–Crippen LogP) is 3.71. The molecule has 21 heavy (non-hydrogen) atoms. The third kappa shape index (κ3) is 4.19. The Kier molecular flexibility index (Phi) is 5.59. The fourth-order valence-corrected chi connectivity index (χ4v) is 2.79. The van der Waals surface area contributed by atoms with Crippen LogP contribution < -0.4 is 14.8 Å². The number of rotatable bonds is 7. The van der Waals surface area contributed by atoms with E-state index in [1.165, 1.54) is 5.56 Å². The van der Waals surface area contributed by atoms with E-state index in [0.29, 0.717) is 12.6 Å². The van der Waals surface area contributed by atoms with E-state index in [-0.39, 0.29) is 0 Å². The highest BCUT2D eigenvalue weighted by molar-refractivity contribution is 7.09. The first kappa shape index (κ1) is 15.8. The zero-order chi connectivity index (χ0) is 15.2. The summed E-state index contributed by atoms with van der Waals surface area (Å²) < 4.78 is 11.3. The van der Waals surface area contributed by atoms with Gasteiger partial charge in [-0.1, -0.05) is 13.0 Å². The minimum absolute atomic E-state index is 0.291. The van der Waals surface area contributed by atoms with Crippen molar-refractivity contribution in [1.29, 1.82) is 0 Å². The van der Waals surface area contributed by atoms with E-state index in [2.05, 4.69) is 30.2 Å². The number of aromatic nitrogens is 1. The maximum absolute atomic E-state index is 5.82. The Labute approximate surface area is 130 Å². The maximum Gasteiger partial charge on any atom is 0.161 e. The third-order valence-electron chi connectivity index (χ3n) is 3.22. The van der Waals surface area contributed by atoms with E-state index in [1.54, 1.807) is 18.4 Å². The van der Waals surface area contributed by atoms with Crippen molar-refractivity contribution >= 4 is 11.3 Å². The van der Waals surface area contributed by atoms with Gasteiger partial charge in [-0.15, -0.1) is 11.3 Å². The highest BCUT2D eigenvalue weighted by Crippen LogP contribution is 2.31. The number of aryl methyl sites for hydroxylation is 1. The third-order valence-corrected chi connectivity index (χ3v) is 4.16. The van der Waals surface area contributed by atoms with Crippen LogP contribution in [0.5, 0.6) is 11.5 Å². The minimum atomic E-state index is 0.291. The van der Waals surface area contributed by atoms with Gasteiger partial charge in [0.15, 0.2) is 11.5 Å². The second-order valence-corrected chi connectivity index (χ2v) is 5.80. The molecule has 1 unspecified atom stereocenters. The predicted molar refractivity (Wildman–Crippen MR) is 86.3 cm³/mol. The van der Waals surface area contributed by atoms with Gasteiger partial charge in [0.2, 0.25) is 0 Å². The van der Waals surface area contributed by atoms with Gasteiger partial charge in [0, 0.05) is 17.1 Å². The summed E-state index contributed by atoms with van der Waals surface area (Å²) in [6, 6.07) is 6.34. The van der Waals surface area contributed by atoms with Crippen molar-refractivity contribution in [3.63, 3.8) is 0 Å². The number of ether oxygens (including phenoxy) is 2. The molecular formula is C16H22N2O2S. The molecule has 5 heteroatoms. The number of hydrogen-bond acceptors (Lipinski definition) is 5. The average molecular weight is 306 g/mol. The van der Waals surface area contributed by atoms with Crippen LogP contribution in [0.25, 0.3) is 0 Å². The SMILES string of the molecule is CCNC(C)c1ccc(OCc2nc(C)cs2)c(OC)c1. The quantitative estimate of drug-likeness (QED) is 0.847. The van der Waals surface area contributed by atoms with Crippen LogP contribution >= 0.6 is 11.3 Å². The summed E-state index contributed by atoms with van der Waals surface area (Å²) in [6.45, 7) is 7.62. The standard InChI is InChI=1S/C16H22N2O2S/c1-5-17-12(3)13-6-7-14(15(8-13)19-4)20-9-16-18-11(2)10-21-16/h6-8,10,12,17H,5,9H2,1-4H3. The molecule has 1 heterocycles. The van der Waals surface area contributed by atoms with Crippen molar-refractivity contribution in [3.05, 3.63) is 39.8 Å². The van der Waals surface area contributed by atoms with Gasteiger partial charge in [0.25, 0.3) is 0 Å². The van der Waals surface area contributed by atoms with Crippen molar-refractivity contribution < 1.29 is 9.47 Å². The van der Waals surface area contributed by atoms with E-state index < -0.39 is 0 Å². The molecule has 0 saturated carbocycles. The van der Waals surface area contributed by atoms with Gasteiger partial charge in [-0.05, 0) is 38.1 Å². The Morgan fingerprint density at radius 3 is 2.76 bits per heavy atom. The lowest BCUT2D eigenvalue weighted by Gasteiger charge is -2.16. The molecule has 1 aromatic carbocycles. The van der Waals surface area contributed by atoms with Crippen molar-refractivity contribution in [3.8, 4) is 11.5 Å². The van der Waals surface area contributed by atoms with Gasteiger partial charge in [-0.25, -0.2) is 4.98 Å². The van der Waals surface area contributed by atoms with Crippen molar-refractivity contribution in [2.75, 3.05) is 13.7 Å². The zero-order valence-electron chi connectivity index (χ0n) is 13.0. The van der Waals surface area contributed by atoms with E-state index in [4.69, 9.17) is 9.47 Å². The minimum Gasteiger partial charge on any atom is -0.493 e. The maximum atomic E-state index is 5.82. The van der Waals surface area contributed by atoms with Gasteiger partial charge in [-0.3, -0.25) is 0 Å². The Bertz CT molecular complexity index is 583. The molecule has 0 bridgehead atoms. The molecule has 0 spiro atoms. The van der Waals surface area contributed by atoms with Crippen LogP contribution in [-0.2, 0) is 6.61 Å². The van der Waals surface area contributed by atoms with E-state index in [0.717, 1.165) is 28.7 Å². The average Bonchev–Trinajstić information content (AvgIpc) is 2.90. The lowest BCUT2D eigenvalue weighted by Crippen LogP contribution is -2.17. The monoisotopic (exact) mass is 306 g/mol. The lowest BCUT2D eigenvalue weighted by atomic mass is 10.1. The molecule has 4 nitrogen and oxygen atoms in total. The molecule has 0 aliphatic rings. The van der Waals surface area contributed by atoms with Gasteiger partial charge >= 0.3 is 0 Å². The lowest BCUT2D eigenvalue weighted by molar-refractivity contribution is 0.283. The Balaban J connectivity index is 2.08. The number of hydrogen-bond donors (Lipinski definition) is 1. The molecule has 0 amide bonds. The smallest absolute Gasteiger partial charge is 0.161 e. The van der Waals surface area contributed by atoms with E-state index in [9.17, 15) is 0 Å². The van der Waals surface area contributed by atoms with Crippen LogP contribution in [0.15, 0.2) is 23.6 Å². The molecule has 1 N–H and O–H groups in total. The second-order valence-electron chi connectivity index (χ2n) is 4.86. The van der Waals surface area contributed by atoms with Crippen molar-refractivity contribution in [2.24, 2.45) is 0 Å². The number of benzene rings is 1. The molecule has 2 aromatic rings. The summed E-state index contributed by atoms with van der Waals surface area (Å²) in [4.78, 5) is 4.39. The normalized spacial score (nSPS) is 12.2. The summed E-state index contributed by atoms with van der Waals surface area (Å²) in [5.74, 6) is 1.50. The highest BCUT2D eigenvalue weighted by atomic mass is 32.1. The molecule has 0 aliphatic carbocycles. The number of thiazole rings is 1. The first-order valence-corrected chi connectivity index (χ1v) is 7.97. The molecule has 1 atom stereocenters. The molecule has 0 aliphatic heterocycles. The van der Waals surface area contributed by atoms with E-state index >= 15 is 0 Å². The van der Waals surface area contributed by atoms with Crippen LogP contribution in [0.1, 0.15) is 36.2 Å². The highest BCUT2D eigenvalue weighted by Gasteiger charge is 2.10. The first-order valence-electron chi connectivity index (χ1n) is 7.09. The number of nitrogens with one attached hydrogen (secondary N) is 1. The second kappa shape index (κ2) is 7.43. The van der Waals surface area contributed by atoms with E-state index in [1.807, 2.05) is 24.4 Å². The first-order chi connectivity index (χ1) is 10.1. The summed E-state index contributed by atoms with van der Waals surface area (Å²) >= 11 is 1.61. The van der Waals surface area contributed by atoms with Crippen LogP contribution in [0.4, 0.5) is 0 Å².